The third-order valence-electron chi connectivity index (χ3n) is 2.41. The summed E-state index contributed by atoms with van der Waals surface area (Å²) in [6.07, 6.45) is 0. The Morgan fingerprint density at radius 2 is 2.07 bits per heavy atom. The lowest BCUT2D eigenvalue weighted by molar-refractivity contribution is 0.0747. The summed E-state index contributed by atoms with van der Waals surface area (Å²) in [4.78, 5) is 0. The third-order valence-corrected chi connectivity index (χ3v) is 2.41. The molecule has 0 saturated carbocycles. The number of nitrogens with one attached hydrogen (secondary N) is 1. The number of phenolic OH excluding ortho intramolecular Hbond substituents is 2. The number of phenols is 2. The maximum atomic E-state index is 13.5. The van der Waals surface area contributed by atoms with E-state index in [0.717, 1.165) is 6.07 Å². The van der Waals surface area contributed by atoms with E-state index < -0.39 is 17.6 Å². The van der Waals surface area contributed by atoms with Gasteiger partial charge in [-0.25, -0.2) is 4.39 Å². The van der Waals surface area contributed by atoms with Gasteiger partial charge in [0.1, 0.15) is 5.75 Å². The minimum Gasteiger partial charge on any atom is -0.507 e. The Morgan fingerprint density at radius 3 is 2.73 bits per heavy atom. The molecule has 1 fully saturated rings. The first kappa shape index (κ1) is 10.2. The van der Waals surface area contributed by atoms with Crippen molar-refractivity contribution in [1.29, 1.82) is 0 Å². The molecule has 0 amide bonds. The maximum absolute atomic E-state index is 13.5. The zero-order valence-electron chi connectivity index (χ0n) is 8.03. The second kappa shape index (κ2) is 4.04. The van der Waals surface area contributed by atoms with Gasteiger partial charge in [0.15, 0.2) is 11.6 Å². The van der Waals surface area contributed by atoms with E-state index >= 15 is 0 Å². The lowest BCUT2D eigenvalue weighted by Crippen LogP contribution is -2.35. The maximum Gasteiger partial charge on any atom is 0.173 e. The van der Waals surface area contributed by atoms with Gasteiger partial charge in [0.25, 0.3) is 0 Å². The molecule has 0 spiro atoms. The molecule has 1 aromatic rings. The van der Waals surface area contributed by atoms with Crippen LogP contribution in [0.25, 0.3) is 0 Å². The molecule has 1 heterocycles. The molecule has 1 aromatic carbocycles. The van der Waals surface area contributed by atoms with Crippen molar-refractivity contribution < 1.29 is 19.3 Å². The van der Waals surface area contributed by atoms with Gasteiger partial charge < -0.3 is 20.3 Å². The van der Waals surface area contributed by atoms with Crippen LogP contribution in [0.1, 0.15) is 11.6 Å². The first-order chi connectivity index (χ1) is 7.20. The minimum absolute atomic E-state index is 0.0645. The highest BCUT2D eigenvalue weighted by atomic mass is 19.1. The molecule has 5 heteroatoms. The summed E-state index contributed by atoms with van der Waals surface area (Å²) in [5, 5.41) is 21.7. The predicted molar refractivity (Wildman–Crippen MR) is 51.3 cm³/mol. The van der Waals surface area contributed by atoms with E-state index in [1.54, 1.807) is 0 Å². The van der Waals surface area contributed by atoms with Gasteiger partial charge >= 0.3 is 0 Å². The van der Waals surface area contributed by atoms with Crippen LogP contribution in [0.15, 0.2) is 12.1 Å². The van der Waals surface area contributed by atoms with Gasteiger partial charge in [0, 0.05) is 6.54 Å². The second-order valence-corrected chi connectivity index (χ2v) is 3.41. The number of hydrogen-bond donors (Lipinski definition) is 3. The minimum atomic E-state index is -0.794. The van der Waals surface area contributed by atoms with Gasteiger partial charge in [-0.2, -0.15) is 0 Å². The Balaban J connectivity index is 2.36. The molecule has 4 nitrogen and oxygen atoms in total. The van der Waals surface area contributed by atoms with Crippen molar-refractivity contribution in [2.75, 3.05) is 19.8 Å². The van der Waals surface area contributed by atoms with Gasteiger partial charge in [-0.05, 0) is 12.1 Å². The van der Waals surface area contributed by atoms with Crippen LogP contribution in [0.5, 0.6) is 11.5 Å². The largest absolute Gasteiger partial charge is 0.507 e. The Hall–Kier alpha value is -1.33. The van der Waals surface area contributed by atoms with Gasteiger partial charge in [-0.15, -0.1) is 0 Å². The summed E-state index contributed by atoms with van der Waals surface area (Å²) in [5.74, 6) is -1.43. The topological polar surface area (TPSA) is 61.7 Å². The van der Waals surface area contributed by atoms with Crippen molar-refractivity contribution in [3.8, 4) is 11.5 Å². The predicted octanol–water partition coefficient (Wildman–Crippen LogP) is 0.898. The van der Waals surface area contributed by atoms with Gasteiger partial charge in [0.05, 0.1) is 24.8 Å². The zero-order valence-corrected chi connectivity index (χ0v) is 8.03. The molecule has 1 saturated heterocycles. The highest BCUT2D eigenvalue weighted by Crippen LogP contribution is 2.32. The number of morpholine rings is 1. The molecule has 0 bridgehead atoms. The van der Waals surface area contributed by atoms with E-state index in [0.29, 0.717) is 13.2 Å². The van der Waals surface area contributed by atoms with Crippen LogP contribution >= 0.6 is 0 Å². The van der Waals surface area contributed by atoms with Crippen LogP contribution in [0.4, 0.5) is 4.39 Å². The molecule has 0 radical (unpaired) electrons. The molecule has 0 aromatic heterocycles. The van der Waals surface area contributed by atoms with Crippen LogP contribution in [-0.4, -0.2) is 30.0 Å². The van der Waals surface area contributed by atoms with Crippen molar-refractivity contribution in [2.24, 2.45) is 0 Å². The van der Waals surface area contributed by atoms with Crippen LogP contribution in [0, 0.1) is 5.82 Å². The van der Waals surface area contributed by atoms with Crippen molar-refractivity contribution in [3.63, 3.8) is 0 Å². The van der Waals surface area contributed by atoms with Crippen molar-refractivity contribution in [3.05, 3.63) is 23.5 Å². The Bertz CT molecular complexity index is 364. The number of halogens is 1. The summed E-state index contributed by atoms with van der Waals surface area (Å²) < 4.78 is 18.7. The summed E-state index contributed by atoms with van der Waals surface area (Å²) in [5.41, 5.74) is 0.0645. The van der Waals surface area contributed by atoms with Crippen molar-refractivity contribution >= 4 is 0 Å². The molecular weight excluding hydrogens is 201 g/mol. The van der Waals surface area contributed by atoms with Gasteiger partial charge in [-0.3, -0.25) is 0 Å². The summed E-state index contributed by atoms with van der Waals surface area (Å²) in [7, 11) is 0. The number of benzene rings is 1. The molecule has 3 N–H and O–H groups in total. The fourth-order valence-electron chi connectivity index (χ4n) is 1.65. The van der Waals surface area contributed by atoms with Crippen molar-refractivity contribution in [1.82, 2.24) is 5.32 Å². The number of rotatable bonds is 1. The molecule has 15 heavy (non-hydrogen) atoms. The molecule has 0 aliphatic carbocycles. The first-order valence-corrected chi connectivity index (χ1v) is 4.71. The molecule has 82 valence electrons. The smallest absolute Gasteiger partial charge is 0.173 e. The van der Waals surface area contributed by atoms with Gasteiger partial charge in [-0.1, -0.05) is 0 Å². The van der Waals surface area contributed by atoms with E-state index in [2.05, 4.69) is 5.32 Å². The number of aromatic hydroxyl groups is 2. The monoisotopic (exact) mass is 213 g/mol. The van der Waals surface area contributed by atoms with E-state index in [4.69, 9.17) is 4.74 Å². The molecule has 1 aliphatic heterocycles. The highest BCUT2D eigenvalue weighted by molar-refractivity contribution is 5.42. The summed E-state index contributed by atoms with van der Waals surface area (Å²) >= 11 is 0. The molecule has 1 aliphatic rings. The molecule has 1 unspecified atom stereocenters. The van der Waals surface area contributed by atoms with Crippen molar-refractivity contribution in [2.45, 2.75) is 6.04 Å². The van der Waals surface area contributed by atoms with E-state index in [-0.39, 0.29) is 17.9 Å². The summed E-state index contributed by atoms with van der Waals surface area (Å²) in [6, 6.07) is 1.98. The van der Waals surface area contributed by atoms with Crippen LogP contribution in [0.3, 0.4) is 0 Å². The molecule has 2 rings (SSSR count). The zero-order chi connectivity index (χ0) is 10.8. The Kier molecular flexibility index (Phi) is 2.75. The third kappa shape index (κ3) is 1.88. The van der Waals surface area contributed by atoms with E-state index in [9.17, 15) is 14.6 Å². The Labute approximate surface area is 86.3 Å². The normalized spacial score (nSPS) is 21.5. The van der Waals surface area contributed by atoms with Crippen LogP contribution in [-0.2, 0) is 4.74 Å². The number of ether oxygens (including phenoxy) is 1. The van der Waals surface area contributed by atoms with E-state index in [1.807, 2.05) is 0 Å². The lowest BCUT2D eigenvalue weighted by Gasteiger charge is -2.25. The van der Waals surface area contributed by atoms with Crippen LogP contribution in [0.2, 0.25) is 0 Å². The fourth-order valence-corrected chi connectivity index (χ4v) is 1.65. The average Bonchev–Trinajstić information content (AvgIpc) is 2.26. The Morgan fingerprint density at radius 1 is 1.33 bits per heavy atom. The SMILES string of the molecule is Oc1ccc(O)c(C2COCCN2)c1F. The molecule has 1 atom stereocenters. The van der Waals surface area contributed by atoms with E-state index in [1.165, 1.54) is 6.07 Å². The second-order valence-electron chi connectivity index (χ2n) is 3.41. The fraction of sp³-hybridized carbons (Fsp3) is 0.400. The van der Waals surface area contributed by atoms with Crippen LogP contribution < -0.4 is 5.32 Å². The first-order valence-electron chi connectivity index (χ1n) is 4.71. The quantitative estimate of drug-likeness (QED) is 0.606. The van der Waals surface area contributed by atoms with Gasteiger partial charge in [0.2, 0.25) is 0 Å². The number of hydrogen-bond acceptors (Lipinski definition) is 4. The molecular formula is C10H12FNO3. The highest BCUT2D eigenvalue weighted by Gasteiger charge is 2.24. The standard InChI is InChI=1S/C10H12FNO3/c11-10-8(14)2-1-7(13)9(10)6-5-15-4-3-12-6/h1-2,6,12-14H,3-5H2. The lowest BCUT2D eigenvalue weighted by atomic mass is 10.0. The summed E-state index contributed by atoms with van der Waals surface area (Å²) in [6.45, 7) is 1.45. The average molecular weight is 213 g/mol.